The minimum atomic E-state index is -1.24. The maximum Gasteiger partial charge on any atom is 0.352 e. The van der Waals surface area contributed by atoms with Crippen LogP contribution in [-0.2, 0) is 14.4 Å². The summed E-state index contributed by atoms with van der Waals surface area (Å²) in [5, 5.41) is 25.5. The zero-order valence-corrected chi connectivity index (χ0v) is 18.9. The van der Waals surface area contributed by atoms with Gasteiger partial charge in [-0.25, -0.2) is 9.78 Å². The summed E-state index contributed by atoms with van der Waals surface area (Å²) in [5.41, 5.74) is 10.7. The molecule has 166 valence electrons. The summed E-state index contributed by atoms with van der Waals surface area (Å²) in [7, 11) is 0. The highest BCUT2D eigenvalue weighted by Crippen LogP contribution is 2.41. The maximum absolute atomic E-state index is 12.7. The van der Waals surface area contributed by atoms with Crippen molar-refractivity contribution in [1.82, 2.24) is 15.2 Å². The number of fused-ring (bicyclic) bond motifs is 1. The normalized spacial score (nSPS) is 21.3. The minimum absolute atomic E-state index is 0.0501. The topological polar surface area (TPSA) is 184 Å². The number of anilines is 1. The molecule has 2 amide bonds. The Hall–Kier alpha value is -2.26. The number of halogens is 1. The van der Waals surface area contributed by atoms with Gasteiger partial charge >= 0.3 is 5.97 Å². The van der Waals surface area contributed by atoms with Crippen LogP contribution in [0.25, 0.3) is 0 Å². The second-order valence-electron chi connectivity index (χ2n) is 6.13. The van der Waals surface area contributed by atoms with Crippen LogP contribution in [0, 0.1) is 0 Å². The molecule has 1 saturated heterocycles. The Morgan fingerprint density at radius 3 is 2.81 bits per heavy atom. The average molecular weight is 505 g/mol. The number of nitrogens with two attached hydrogens (primary N) is 2. The smallest absolute Gasteiger partial charge is 0.352 e. The number of thiazole rings is 1. The number of rotatable bonds is 8. The summed E-state index contributed by atoms with van der Waals surface area (Å²) in [6, 6.07) is -1.00. The summed E-state index contributed by atoms with van der Waals surface area (Å²) in [6.45, 7) is 0.487. The summed E-state index contributed by atoms with van der Waals surface area (Å²) in [5.74, 6) is -1.71. The number of carbonyl (C=O) groups excluding carboxylic acids is 2. The number of carboxylic acids is 1. The fourth-order valence-electron chi connectivity index (χ4n) is 2.91. The molecule has 2 aliphatic heterocycles. The molecule has 7 N–H and O–H groups in total. The zero-order valence-electron chi connectivity index (χ0n) is 15.6. The van der Waals surface area contributed by atoms with Crippen molar-refractivity contribution < 1.29 is 24.7 Å². The Kier molecular flexibility index (Phi) is 7.48. The lowest BCUT2D eigenvalue weighted by Crippen LogP contribution is -2.71. The SMILES string of the molecule is NCCSC=CC1=C(C(=O)O)N2C(=O)[C@@H](NC(=O)/C(=N\O)c3nc(N)sc3Cl)[C@H]2SC1. The van der Waals surface area contributed by atoms with Gasteiger partial charge in [0.15, 0.2) is 10.8 Å². The van der Waals surface area contributed by atoms with Crippen molar-refractivity contribution in [3.05, 3.63) is 32.8 Å². The number of β-lactam (4-membered cyclic amide) rings is 1. The molecule has 15 heteroatoms. The van der Waals surface area contributed by atoms with Crippen LogP contribution in [0.15, 0.2) is 27.9 Å². The van der Waals surface area contributed by atoms with Gasteiger partial charge in [0.1, 0.15) is 27.1 Å². The summed E-state index contributed by atoms with van der Waals surface area (Å²) < 4.78 is 0.0501. The second-order valence-corrected chi connectivity index (χ2v) is 9.88. The Bertz CT molecular complexity index is 1010. The highest BCUT2D eigenvalue weighted by atomic mass is 35.5. The molecule has 11 nitrogen and oxygen atoms in total. The predicted octanol–water partition coefficient (Wildman–Crippen LogP) is 0.501. The Balaban J connectivity index is 1.76. The van der Waals surface area contributed by atoms with Crippen molar-refractivity contribution in [2.24, 2.45) is 10.9 Å². The Labute approximate surface area is 193 Å². The first-order chi connectivity index (χ1) is 14.8. The van der Waals surface area contributed by atoms with E-state index in [0.717, 1.165) is 16.2 Å². The van der Waals surface area contributed by atoms with Crippen LogP contribution in [0.2, 0.25) is 4.34 Å². The van der Waals surface area contributed by atoms with Crippen molar-refractivity contribution >= 4 is 75.1 Å². The summed E-state index contributed by atoms with van der Waals surface area (Å²) >= 11 is 9.59. The lowest BCUT2D eigenvalue weighted by atomic mass is 10.0. The van der Waals surface area contributed by atoms with Gasteiger partial charge in [0.25, 0.3) is 11.8 Å². The van der Waals surface area contributed by atoms with Crippen LogP contribution in [0.3, 0.4) is 0 Å². The van der Waals surface area contributed by atoms with E-state index in [1.54, 1.807) is 11.5 Å². The molecule has 0 spiro atoms. The monoisotopic (exact) mass is 504 g/mol. The lowest BCUT2D eigenvalue weighted by molar-refractivity contribution is -0.150. The van der Waals surface area contributed by atoms with E-state index in [1.165, 1.54) is 23.5 Å². The third kappa shape index (κ3) is 4.67. The number of thioether (sulfide) groups is 2. The van der Waals surface area contributed by atoms with Gasteiger partial charge in [-0.1, -0.05) is 28.1 Å². The number of carbonyl (C=O) groups is 3. The van der Waals surface area contributed by atoms with Crippen LogP contribution < -0.4 is 16.8 Å². The molecular formula is C16H17ClN6O5S3. The standard InChI is InChI=1S/C16H17ClN6O5S3/c17-11-7(21-16(19)31-11)8(22-28)12(24)20-9-13(25)23-10(15(26)27)6(5-30-14(9)23)1-3-29-4-2-18/h1,3,9,14,28H,2,4-5,18H2,(H2,19,21)(H,20,24)(H,26,27)/b3-1?,22-8-/t9-,14-/m1/s1. The maximum atomic E-state index is 12.7. The Morgan fingerprint density at radius 2 is 2.23 bits per heavy atom. The fraction of sp³-hybridized carbons (Fsp3) is 0.312. The molecule has 3 rings (SSSR count). The number of hydrogen-bond donors (Lipinski definition) is 5. The summed E-state index contributed by atoms with van der Waals surface area (Å²) in [6.07, 6.45) is 1.65. The molecule has 0 aromatic carbocycles. The van der Waals surface area contributed by atoms with E-state index in [2.05, 4.69) is 15.5 Å². The van der Waals surface area contributed by atoms with E-state index in [1.807, 2.05) is 0 Å². The number of amides is 2. The first-order valence-electron chi connectivity index (χ1n) is 8.64. The molecule has 2 aliphatic rings. The number of aromatic nitrogens is 1. The third-order valence-electron chi connectivity index (χ3n) is 4.23. The van der Waals surface area contributed by atoms with Crippen molar-refractivity contribution in [3.63, 3.8) is 0 Å². The molecule has 1 aromatic heterocycles. The quantitative estimate of drug-likeness (QED) is 0.110. The lowest BCUT2D eigenvalue weighted by Gasteiger charge is -2.49. The second kappa shape index (κ2) is 9.91. The molecule has 0 radical (unpaired) electrons. The van der Waals surface area contributed by atoms with Gasteiger partial charge in [0.05, 0.1) is 0 Å². The molecule has 0 aliphatic carbocycles. The van der Waals surface area contributed by atoms with E-state index in [-0.39, 0.29) is 20.9 Å². The van der Waals surface area contributed by atoms with Crippen molar-refractivity contribution in [3.8, 4) is 0 Å². The predicted molar refractivity (Wildman–Crippen MR) is 120 cm³/mol. The number of aliphatic carboxylic acids is 1. The zero-order chi connectivity index (χ0) is 22.7. The van der Waals surface area contributed by atoms with Crippen molar-refractivity contribution in [1.29, 1.82) is 0 Å². The number of allylic oxidation sites excluding steroid dienone is 1. The first kappa shape index (κ1) is 23.4. The minimum Gasteiger partial charge on any atom is -0.477 e. The van der Waals surface area contributed by atoms with E-state index in [4.69, 9.17) is 23.1 Å². The molecule has 0 saturated carbocycles. The third-order valence-corrected chi connectivity index (χ3v) is 7.42. The first-order valence-corrected chi connectivity index (χ1v) is 11.9. The number of nitrogens with zero attached hydrogens (tertiary/aromatic N) is 3. The van der Waals surface area contributed by atoms with Gasteiger partial charge < -0.3 is 27.1 Å². The number of carboxylic acid groups (broad SMARTS) is 1. The molecule has 1 fully saturated rings. The van der Waals surface area contributed by atoms with Crippen LogP contribution in [-0.4, -0.2) is 73.2 Å². The fourth-order valence-corrected chi connectivity index (χ4v) is 5.69. The van der Waals surface area contributed by atoms with Crippen molar-refractivity contribution in [2.45, 2.75) is 11.4 Å². The van der Waals surface area contributed by atoms with Gasteiger partial charge in [0, 0.05) is 18.1 Å². The van der Waals surface area contributed by atoms with E-state index in [0.29, 0.717) is 23.6 Å². The van der Waals surface area contributed by atoms with Crippen molar-refractivity contribution in [2.75, 3.05) is 23.8 Å². The van der Waals surface area contributed by atoms with E-state index >= 15 is 0 Å². The summed E-state index contributed by atoms with van der Waals surface area (Å²) in [4.78, 5) is 42.0. The van der Waals surface area contributed by atoms with Crippen LogP contribution in [0.5, 0.6) is 0 Å². The average Bonchev–Trinajstić information content (AvgIpc) is 3.06. The molecule has 0 unspecified atom stereocenters. The molecular weight excluding hydrogens is 488 g/mol. The Morgan fingerprint density at radius 1 is 1.48 bits per heavy atom. The van der Waals surface area contributed by atoms with Crippen LogP contribution in [0.4, 0.5) is 5.13 Å². The molecule has 1 aromatic rings. The van der Waals surface area contributed by atoms with E-state index < -0.39 is 34.9 Å². The number of nitrogen functional groups attached to an aromatic ring is 1. The largest absolute Gasteiger partial charge is 0.477 e. The molecule has 2 atom stereocenters. The van der Waals surface area contributed by atoms with Gasteiger partial charge in [-0.05, 0) is 17.1 Å². The van der Waals surface area contributed by atoms with Gasteiger partial charge in [-0.15, -0.1) is 23.5 Å². The molecule has 31 heavy (non-hydrogen) atoms. The highest BCUT2D eigenvalue weighted by molar-refractivity contribution is 8.02. The number of hydrogen-bond acceptors (Lipinski definition) is 11. The van der Waals surface area contributed by atoms with Gasteiger partial charge in [0.2, 0.25) is 0 Å². The number of oxime groups is 1. The van der Waals surface area contributed by atoms with Crippen LogP contribution in [0.1, 0.15) is 5.69 Å². The number of nitrogens with one attached hydrogen (secondary N) is 1. The van der Waals surface area contributed by atoms with Gasteiger partial charge in [-0.2, -0.15) is 0 Å². The molecule has 0 bridgehead atoms. The van der Waals surface area contributed by atoms with Gasteiger partial charge in [-0.3, -0.25) is 14.5 Å². The highest BCUT2D eigenvalue weighted by Gasteiger charge is 2.54. The molecule has 3 heterocycles. The van der Waals surface area contributed by atoms with Crippen LogP contribution >= 0.6 is 46.5 Å². The van der Waals surface area contributed by atoms with E-state index in [9.17, 15) is 24.7 Å².